The topological polar surface area (TPSA) is 38.7 Å². The summed E-state index contributed by atoms with van der Waals surface area (Å²) < 4.78 is 11.0. The van der Waals surface area contributed by atoms with Gasteiger partial charge in [-0.05, 0) is 31.9 Å². The second kappa shape index (κ2) is 5.29. The molecular weight excluding hydrogens is 228 g/mol. The van der Waals surface area contributed by atoms with E-state index in [1.54, 1.807) is 14.2 Å². The van der Waals surface area contributed by atoms with Gasteiger partial charge in [0.05, 0.1) is 12.7 Å². The molecule has 1 aliphatic rings. The van der Waals surface area contributed by atoms with Crippen molar-refractivity contribution >= 4 is 0 Å². The maximum Gasteiger partial charge on any atom is 0.124 e. The monoisotopic (exact) mass is 250 g/mol. The standard InChI is InChI=1S/C15H22O3/c1-11-6-7-13(17-2)12(10-11)14(16)15(18-3)8-4-5-9-15/h6-7,10,14,16H,4-5,8-9H2,1-3H3. The second-order valence-electron chi connectivity index (χ2n) is 5.12. The number of benzene rings is 1. The molecule has 2 rings (SSSR count). The third-order valence-corrected chi connectivity index (χ3v) is 4.03. The van der Waals surface area contributed by atoms with E-state index in [0.717, 1.165) is 42.6 Å². The lowest BCUT2D eigenvalue weighted by Crippen LogP contribution is -2.35. The van der Waals surface area contributed by atoms with E-state index in [-0.39, 0.29) is 0 Å². The fraction of sp³-hybridized carbons (Fsp3) is 0.600. The van der Waals surface area contributed by atoms with Crippen molar-refractivity contribution in [2.75, 3.05) is 14.2 Å². The summed E-state index contributed by atoms with van der Waals surface area (Å²) in [6.45, 7) is 2.02. The van der Waals surface area contributed by atoms with Crippen LogP contribution in [0.15, 0.2) is 18.2 Å². The number of aliphatic hydroxyl groups excluding tert-OH is 1. The van der Waals surface area contributed by atoms with Gasteiger partial charge < -0.3 is 14.6 Å². The largest absolute Gasteiger partial charge is 0.496 e. The van der Waals surface area contributed by atoms with Crippen LogP contribution in [0, 0.1) is 6.92 Å². The van der Waals surface area contributed by atoms with Crippen LogP contribution in [-0.4, -0.2) is 24.9 Å². The predicted octanol–water partition coefficient (Wildman–Crippen LogP) is 3.00. The molecule has 1 N–H and O–H groups in total. The van der Waals surface area contributed by atoms with E-state index in [2.05, 4.69) is 0 Å². The quantitative estimate of drug-likeness (QED) is 0.892. The number of aliphatic hydroxyl groups is 1. The molecule has 1 fully saturated rings. The molecule has 0 amide bonds. The fourth-order valence-electron chi connectivity index (χ4n) is 2.91. The van der Waals surface area contributed by atoms with Crippen LogP contribution < -0.4 is 4.74 Å². The first-order chi connectivity index (χ1) is 8.63. The fourth-order valence-corrected chi connectivity index (χ4v) is 2.91. The molecule has 0 aliphatic heterocycles. The molecule has 3 heteroatoms. The lowest BCUT2D eigenvalue weighted by Gasteiger charge is -2.33. The maximum absolute atomic E-state index is 10.7. The van der Waals surface area contributed by atoms with Gasteiger partial charge in [-0.2, -0.15) is 0 Å². The third-order valence-electron chi connectivity index (χ3n) is 4.03. The Kier molecular flexibility index (Phi) is 3.93. The summed E-state index contributed by atoms with van der Waals surface area (Å²) in [6, 6.07) is 5.89. The van der Waals surface area contributed by atoms with Crippen molar-refractivity contribution in [2.24, 2.45) is 0 Å². The van der Waals surface area contributed by atoms with Crippen LogP contribution in [0.25, 0.3) is 0 Å². The number of hydrogen-bond acceptors (Lipinski definition) is 3. The maximum atomic E-state index is 10.7. The molecule has 0 aromatic heterocycles. The normalized spacial score (nSPS) is 19.8. The van der Waals surface area contributed by atoms with E-state index >= 15 is 0 Å². The van der Waals surface area contributed by atoms with Crippen molar-refractivity contribution in [1.29, 1.82) is 0 Å². The zero-order valence-electron chi connectivity index (χ0n) is 11.4. The van der Waals surface area contributed by atoms with Crippen molar-refractivity contribution in [2.45, 2.75) is 44.3 Å². The second-order valence-corrected chi connectivity index (χ2v) is 5.12. The van der Waals surface area contributed by atoms with Crippen molar-refractivity contribution < 1.29 is 14.6 Å². The van der Waals surface area contributed by atoms with Crippen LogP contribution in [0.1, 0.15) is 42.9 Å². The Bertz CT molecular complexity index is 408. The summed E-state index contributed by atoms with van der Waals surface area (Å²) >= 11 is 0. The van der Waals surface area contributed by atoms with Crippen LogP contribution in [0.2, 0.25) is 0 Å². The first-order valence-corrected chi connectivity index (χ1v) is 6.51. The number of ether oxygens (including phenoxy) is 2. The predicted molar refractivity (Wildman–Crippen MR) is 70.9 cm³/mol. The Morgan fingerprint density at radius 1 is 1.22 bits per heavy atom. The zero-order valence-corrected chi connectivity index (χ0v) is 11.4. The van der Waals surface area contributed by atoms with E-state index in [9.17, 15) is 5.11 Å². The Labute approximate surface area is 109 Å². The van der Waals surface area contributed by atoms with E-state index in [0.29, 0.717) is 0 Å². The molecule has 1 atom stereocenters. The van der Waals surface area contributed by atoms with Crippen molar-refractivity contribution in [3.8, 4) is 5.75 Å². The average Bonchev–Trinajstić information content (AvgIpc) is 2.87. The Morgan fingerprint density at radius 2 is 1.89 bits per heavy atom. The van der Waals surface area contributed by atoms with Gasteiger partial charge in [0, 0.05) is 12.7 Å². The molecule has 100 valence electrons. The highest BCUT2D eigenvalue weighted by Crippen LogP contribution is 2.44. The van der Waals surface area contributed by atoms with Crippen LogP contribution >= 0.6 is 0 Å². The van der Waals surface area contributed by atoms with E-state index < -0.39 is 11.7 Å². The Balaban J connectivity index is 2.37. The van der Waals surface area contributed by atoms with Gasteiger partial charge in [-0.1, -0.05) is 24.5 Å². The van der Waals surface area contributed by atoms with Crippen LogP contribution in [-0.2, 0) is 4.74 Å². The highest BCUT2D eigenvalue weighted by atomic mass is 16.5. The van der Waals surface area contributed by atoms with Gasteiger partial charge in [0.25, 0.3) is 0 Å². The Morgan fingerprint density at radius 3 is 2.44 bits per heavy atom. The third kappa shape index (κ3) is 2.25. The molecule has 3 nitrogen and oxygen atoms in total. The lowest BCUT2D eigenvalue weighted by molar-refractivity contribution is -0.101. The van der Waals surface area contributed by atoms with E-state index in [1.807, 2.05) is 25.1 Å². The van der Waals surface area contributed by atoms with Gasteiger partial charge in [-0.3, -0.25) is 0 Å². The minimum Gasteiger partial charge on any atom is -0.496 e. The minimum absolute atomic E-state index is 0.443. The summed E-state index contributed by atoms with van der Waals surface area (Å²) in [5.74, 6) is 0.733. The smallest absolute Gasteiger partial charge is 0.124 e. The average molecular weight is 250 g/mol. The number of rotatable bonds is 4. The van der Waals surface area contributed by atoms with Gasteiger partial charge in [0.1, 0.15) is 11.9 Å². The number of aryl methyl sites for hydroxylation is 1. The minimum atomic E-state index is -0.625. The molecule has 18 heavy (non-hydrogen) atoms. The van der Waals surface area contributed by atoms with Gasteiger partial charge >= 0.3 is 0 Å². The van der Waals surface area contributed by atoms with Crippen molar-refractivity contribution in [1.82, 2.24) is 0 Å². The summed E-state index contributed by atoms with van der Waals surface area (Å²) in [6.07, 6.45) is 3.40. The highest BCUT2D eigenvalue weighted by Gasteiger charge is 2.42. The molecule has 1 aromatic rings. The summed E-state index contributed by atoms with van der Waals surface area (Å²) in [7, 11) is 3.33. The number of methoxy groups -OCH3 is 2. The highest BCUT2D eigenvalue weighted by molar-refractivity contribution is 5.39. The summed E-state index contributed by atoms with van der Waals surface area (Å²) in [5, 5.41) is 10.7. The molecule has 0 spiro atoms. The van der Waals surface area contributed by atoms with Crippen LogP contribution in [0.5, 0.6) is 5.75 Å². The molecule has 1 aliphatic carbocycles. The van der Waals surface area contributed by atoms with Gasteiger partial charge in [-0.25, -0.2) is 0 Å². The molecule has 1 unspecified atom stereocenters. The first-order valence-electron chi connectivity index (χ1n) is 6.51. The van der Waals surface area contributed by atoms with Gasteiger partial charge in [-0.15, -0.1) is 0 Å². The van der Waals surface area contributed by atoms with Crippen LogP contribution in [0.4, 0.5) is 0 Å². The summed E-state index contributed by atoms with van der Waals surface area (Å²) in [5.41, 5.74) is 1.51. The lowest BCUT2D eigenvalue weighted by atomic mass is 9.88. The first kappa shape index (κ1) is 13.4. The molecule has 0 heterocycles. The van der Waals surface area contributed by atoms with E-state index in [4.69, 9.17) is 9.47 Å². The molecule has 1 saturated carbocycles. The number of hydrogen-bond donors (Lipinski definition) is 1. The molecule has 1 aromatic carbocycles. The Hall–Kier alpha value is -1.06. The van der Waals surface area contributed by atoms with Crippen LogP contribution in [0.3, 0.4) is 0 Å². The SMILES string of the molecule is COc1ccc(C)cc1C(O)C1(OC)CCCC1. The molecule has 0 bridgehead atoms. The van der Waals surface area contributed by atoms with Crippen molar-refractivity contribution in [3.05, 3.63) is 29.3 Å². The van der Waals surface area contributed by atoms with Gasteiger partial charge in [0.15, 0.2) is 0 Å². The zero-order chi connectivity index (χ0) is 13.2. The van der Waals surface area contributed by atoms with E-state index in [1.165, 1.54) is 0 Å². The van der Waals surface area contributed by atoms with Gasteiger partial charge in [0.2, 0.25) is 0 Å². The van der Waals surface area contributed by atoms with Crippen molar-refractivity contribution in [3.63, 3.8) is 0 Å². The summed E-state index contributed by atoms with van der Waals surface area (Å²) in [4.78, 5) is 0. The molecule has 0 radical (unpaired) electrons. The molecule has 0 saturated heterocycles. The molecular formula is C15H22O3.